The van der Waals surface area contributed by atoms with Gasteiger partial charge in [0.1, 0.15) is 5.75 Å². The van der Waals surface area contributed by atoms with Crippen molar-refractivity contribution in [3.05, 3.63) is 29.8 Å². The van der Waals surface area contributed by atoms with E-state index in [9.17, 15) is 9.59 Å². The Morgan fingerprint density at radius 2 is 2.09 bits per heavy atom. The third-order valence-electron chi connectivity index (χ3n) is 4.04. The van der Waals surface area contributed by atoms with Crippen LogP contribution in [0.15, 0.2) is 24.3 Å². The molecule has 0 heterocycles. The van der Waals surface area contributed by atoms with Crippen LogP contribution in [0.4, 0.5) is 0 Å². The predicted octanol–water partition coefficient (Wildman–Crippen LogP) is 0.964. The van der Waals surface area contributed by atoms with E-state index in [-0.39, 0.29) is 30.8 Å². The smallest absolute Gasteiger partial charge is 0.255 e. The van der Waals surface area contributed by atoms with Crippen molar-refractivity contribution in [2.24, 2.45) is 23.3 Å². The lowest BCUT2D eigenvalue weighted by atomic mass is 9.95. The summed E-state index contributed by atoms with van der Waals surface area (Å²) in [6, 6.07) is 7.25. The highest BCUT2D eigenvalue weighted by molar-refractivity contribution is 5.85. The average Bonchev–Trinajstić information content (AvgIpc) is 2.99. The zero-order chi connectivity index (χ0) is 15.9. The maximum absolute atomic E-state index is 12.2. The second-order valence-electron chi connectivity index (χ2n) is 5.65. The number of primary amides is 1. The third-order valence-corrected chi connectivity index (χ3v) is 4.04. The number of rotatable bonds is 7. The van der Waals surface area contributed by atoms with Gasteiger partial charge in [-0.1, -0.05) is 18.6 Å². The molecule has 6 nitrogen and oxygen atoms in total. The summed E-state index contributed by atoms with van der Waals surface area (Å²) >= 11 is 0. The van der Waals surface area contributed by atoms with Crippen molar-refractivity contribution in [1.29, 1.82) is 0 Å². The highest BCUT2D eigenvalue weighted by atomic mass is 35.5. The van der Waals surface area contributed by atoms with Crippen molar-refractivity contribution >= 4 is 24.2 Å². The molecule has 0 spiro atoms. The molecule has 1 aromatic rings. The fourth-order valence-electron chi connectivity index (χ4n) is 2.88. The molecule has 0 bridgehead atoms. The molecule has 0 unspecified atom stereocenters. The minimum atomic E-state index is -0.521. The molecule has 7 heteroatoms. The molecule has 1 aliphatic carbocycles. The second kappa shape index (κ2) is 9.37. The lowest BCUT2D eigenvalue weighted by Crippen LogP contribution is -2.34. The summed E-state index contributed by atoms with van der Waals surface area (Å²) in [4.78, 5) is 22.9. The quantitative estimate of drug-likeness (QED) is 0.686. The number of hydrogen-bond acceptors (Lipinski definition) is 4. The maximum Gasteiger partial charge on any atom is 0.255 e. The number of nitrogens with two attached hydrogens (primary N) is 2. The number of halogens is 1. The van der Waals surface area contributed by atoms with E-state index in [0.717, 1.165) is 24.8 Å². The Bertz CT molecular complexity index is 539. The summed E-state index contributed by atoms with van der Waals surface area (Å²) < 4.78 is 5.25. The molecule has 1 aliphatic rings. The van der Waals surface area contributed by atoms with Crippen molar-refractivity contribution in [2.45, 2.75) is 25.8 Å². The molecule has 2 atom stereocenters. The standard InChI is InChI=1S/C16H23N3O3.ClH/c17-8-12-4-2-6-14(12)16(21)19-9-11-3-1-5-13(7-11)22-10-15(18)20;/h1,3,5,7,12,14H,2,4,6,8-10,17H2,(H2,18,20)(H,19,21);1H/t12-,14-;/m1./s1. The van der Waals surface area contributed by atoms with Crippen molar-refractivity contribution in [1.82, 2.24) is 5.32 Å². The number of benzene rings is 1. The van der Waals surface area contributed by atoms with Crippen molar-refractivity contribution in [3.63, 3.8) is 0 Å². The van der Waals surface area contributed by atoms with Crippen LogP contribution in [-0.4, -0.2) is 25.0 Å². The monoisotopic (exact) mass is 341 g/mol. The van der Waals surface area contributed by atoms with Gasteiger partial charge in [0.15, 0.2) is 6.61 Å². The first-order valence-corrected chi connectivity index (χ1v) is 7.58. The van der Waals surface area contributed by atoms with Gasteiger partial charge in [-0.25, -0.2) is 0 Å². The third kappa shape index (κ3) is 5.73. The molecule has 1 aromatic carbocycles. The molecule has 2 rings (SSSR count). The fourth-order valence-corrected chi connectivity index (χ4v) is 2.88. The van der Waals surface area contributed by atoms with Gasteiger partial charge >= 0.3 is 0 Å². The van der Waals surface area contributed by atoms with Crippen LogP contribution in [0.1, 0.15) is 24.8 Å². The van der Waals surface area contributed by atoms with Crippen LogP contribution < -0.4 is 21.5 Å². The molecule has 128 valence electrons. The van der Waals surface area contributed by atoms with Gasteiger partial charge in [-0.3, -0.25) is 9.59 Å². The first-order chi connectivity index (χ1) is 10.6. The molecular weight excluding hydrogens is 318 g/mol. The molecular formula is C16H24ClN3O3. The fraction of sp³-hybridized carbons (Fsp3) is 0.500. The van der Waals surface area contributed by atoms with E-state index in [4.69, 9.17) is 16.2 Å². The van der Waals surface area contributed by atoms with E-state index >= 15 is 0 Å². The van der Waals surface area contributed by atoms with Gasteiger partial charge in [0.25, 0.3) is 5.91 Å². The first-order valence-electron chi connectivity index (χ1n) is 7.58. The molecule has 0 aromatic heterocycles. The zero-order valence-electron chi connectivity index (χ0n) is 13.0. The Hall–Kier alpha value is -1.79. The number of carbonyl (C=O) groups excluding carboxylic acids is 2. The lowest BCUT2D eigenvalue weighted by Gasteiger charge is -2.17. The molecule has 0 saturated heterocycles. The molecule has 5 N–H and O–H groups in total. The number of amides is 2. The summed E-state index contributed by atoms with van der Waals surface area (Å²) in [6.45, 7) is 0.838. The predicted molar refractivity (Wildman–Crippen MR) is 90.1 cm³/mol. The van der Waals surface area contributed by atoms with Crippen molar-refractivity contribution in [3.8, 4) is 5.75 Å². The molecule has 2 amide bonds. The van der Waals surface area contributed by atoms with Gasteiger partial charge in [0, 0.05) is 12.5 Å². The Kier molecular flexibility index (Phi) is 7.85. The molecule has 1 fully saturated rings. The van der Waals surface area contributed by atoms with Gasteiger partial charge < -0.3 is 21.5 Å². The Balaban J connectivity index is 0.00000264. The first kappa shape index (κ1) is 19.3. The summed E-state index contributed by atoms with van der Waals surface area (Å²) in [5, 5.41) is 2.96. The van der Waals surface area contributed by atoms with Gasteiger partial charge in [-0.2, -0.15) is 0 Å². The van der Waals surface area contributed by atoms with Gasteiger partial charge in [0.05, 0.1) is 0 Å². The van der Waals surface area contributed by atoms with Crippen LogP contribution in [-0.2, 0) is 16.1 Å². The Morgan fingerprint density at radius 3 is 2.78 bits per heavy atom. The number of carbonyl (C=O) groups is 2. The van der Waals surface area contributed by atoms with Gasteiger partial charge in [-0.05, 0) is 43.0 Å². The molecule has 0 radical (unpaired) electrons. The largest absolute Gasteiger partial charge is 0.484 e. The second-order valence-corrected chi connectivity index (χ2v) is 5.65. The summed E-state index contributed by atoms with van der Waals surface area (Å²) in [6.07, 6.45) is 3.01. The van der Waals surface area contributed by atoms with Crippen LogP contribution in [0.3, 0.4) is 0 Å². The lowest BCUT2D eigenvalue weighted by molar-refractivity contribution is -0.126. The normalized spacial score (nSPS) is 19.7. The van der Waals surface area contributed by atoms with Gasteiger partial charge in [-0.15, -0.1) is 12.4 Å². The van der Waals surface area contributed by atoms with Crippen LogP contribution in [0.2, 0.25) is 0 Å². The molecule has 0 aliphatic heterocycles. The topological polar surface area (TPSA) is 107 Å². The number of hydrogen-bond donors (Lipinski definition) is 3. The number of nitrogens with one attached hydrogen (secondary N) is 1. The SMILES string of the molecule is Cl.NC[C@H]1CCC[C@H]1C(=O)NCc1cccc(OCC(N)=O)c1. The highest BCUT2D eigenvalue weighted by Gasteiger charge is 2.31. The summed E-state index contributed by atoms with van der Waals surface area (Å²) in [5.74, 6) is 0.431. The van der Waals surface area contributed by atoms with Crippen LogP contribution in [0.25, 0.3) is 0 Å². The van der Waals surface area contributed by atoms with E-state index in [1.165, 1.54) is 0 Å². The minimum Gasteiger partial charge on any atom is -0.484 e. The van der Waals surface area contributed by atoms with E-state index in [0.29, 0.717) is 24.8 Å². The van der Waals surface area contributed by atoms with E-state index < -0.39 is 5.91 Å². The highest BCUT2D eigenvalue weighted by Crippen LogP contribution is 2.31. The average molecular weight is 342 g/mol. The maximum atomic E-state index is 12.2. The van der Waals surface area contributed by atoms with Crippen LogP contribution >= 0.6 is 12.4 Å². The van der Waals surface area contributed by atoms with Crippen molar-refractivity contribution < 1.29 is 14.3 Å². The van der Waals surface area contributed by atoms with Crippen molar-refractivity contribution in [2.75, 3.05) is 13.2 Å². The van der Waals surface area contributed by atoms with Gasteiger partial charge in [0.2, 0.25) is 5.91 Å². The molecule has 1 saturated carbocycles. The van der Waals surface area contributed by atoms with Crippen LogP contribution in [0.5, 0.6) is 5.75 Å². The molecule has 23 heavy (non-hydrogen) atoms. The summed E-state index contributed by atoms with van der Waals surface area (Å²) in [5.41, 5.74) is 11.7. The Morgan fingerprint density at radius 1 is 1.30 bits per heavy atom. The van der Waals surface area contributed by atoms with Crippen LogP contribution in [0, 0.1) is 11.8 Å². The van der Waals surface area contributed by atoms with E-state index in [2.05, 4.69) is 5.32 Å². The Labute approximate surface area is 142 Å². The number of ether oxygens (including phenoxy) is 1. The summed E-state index contributed by atoms with van der Waals surface area (Å²) in [7, 11) is 0. The zero-order valence-corrected chi connectivity index (χ0v) is 13.8. The van der Waals surface area contributed by atoms with E-state index in [1.54, 1.807) is 12.1 Å². The van der Waals surface area contributed by atoms with E-state index in [1.807, 2.05) is 12.1 Å². The minimum absolute atomic E-state index is 0.